The molecule has 26 heavy (non-hydrogen) atoms. The zero-order valence-electron chi connectivity index (χ0n) is 14.7. The molecule has 132 valence electrons. The first kappa shape index (κ1) is 16.9. The number of rotatable bonds is 7. The molecule has 4 heteroatoms. The summed E-state index contributed by atoms with van der Waals surface area (Å²) in [7, 11) is 0. The van der Waals surface area contributed by atoms with Crippen LogP contribution < -0.4 is 0 Å². The number of alkyl halides is 1. The fourth-order valence-corrected chi connectivity index (χ4v) is 3.59. The standard InChI is InChI=1S/C22H22ClN3/c23-15-9-3-8-14-19-16-24-26-21(18-12-6-2-7-13-18)20(25-22(19)26)17-10-4-1-5-11-17/h1-2,4-7,10-13,16,24H,3,8-9,14-15H2. The number of aromatic amines is 1. The summed E-state index contributed by atoms with van der Waals surface area (Å²) in [6.45, 7) is 0. The lowest BCUT2D eigenvalue weighted by Gasteiger charge is -2.04. The van der Waals surface area contributed by atoms with E-state index >= 15 is 0 Å². The summed E-state index contributed by atoms with van der Waals surface area (Å²) < 4.78 is 2.12. The molecule has 4 rings (SSSR count). The van der Waals surface area contributed by atoms with Crippen molar-refractivity contribution < 1.29 is 0 Å². The maximum absolute atomic E-state index is 5.79. The molecule has 2 heterocycles. The van der Waals surface area contributed by atoms with Crippen LogP contribution in [0.4, 0.5) is 0 Å². The molecule has 0 aliphatic rings. The minimum absolute atomic E-state index is 0.738. The molecule has 3 nitrogen and oxygen atoms in total. The van der Waals surface area contributed by atoms with Gasteiger partial charge in [-0.3, -0.25) is 5.10 Å². The van der Waals surface area contributed by atoms with E-state index in [1.807, 2.05) is 12.1 Å². The predicted octanol–water partition coefficient (Wildman–Crippen LogP) is 5.95. The number of hydrogen-bond acceptors (Lipinski definition) is 1. The van der Waals surface area contributed by atoms with E-state index in [0.29, 0.717) is 0 Å². The second-order valence-electron chi connectivity index (χ2n) is 6.50. The minimum atomic E-state index is 0.738. The van der Waals surface area contributed by atoms with Crippen LogP contribution in [0, 0.1) is 0 Å². The highest BCUT2D eigenvalue weighted by Crippen LogP contribution is 2.33. The SMILES string of the molecule is ClCCCCCc1c[nH]n2c(-c3ccccc3)c(-c3ccccc3)nc12. The molecule has 2 aromatic carbocycles. The highest BCUT2D eigenvalue weighted by atomic mass is 35.5. The number of H-pyrrole nitrogens is 1. The average molecular weight is 364 g/mol. The van der Waals surface area contributed by atoms with Crippen LogP contribution in [0.5, 0.6) is 0 Å². The van der Waals surface area contributed by atoms with Crippen molar-refractivity contribution in [2.45, 2.75) is 25.7 Å². The topological polar surface area (TPSA) is 33.1 Å². The first-order valence-corrected chi connectivity index (χ1v) is 9.67. The largest absolute Gasteiger partial charge is 0.299 e. The van der Waals surface area contributed by atoms with Crippen LogP contribution in [0.25, 0.3) is 28.2 Å². The second kappa shape index (κ2) is 7.79. The molecule has 0 fully saturated rings. The molecule has 0 spiro atoms. The van der Waals surface area contributed by atoms with Crippen molar-refractivity contribution in [3.05, 3.63) is 72.4 Å². The fourth-order valence-electron chi connectivity index (χ4n) is 3.40. The summed E-state index contributed by atoms with van der Waals surface area (Å²) in [4.78, 5) is 5.02. The first-order chi connectivity index (χ1) is 12.9. The van der Waals surface area contributed by atoms with Gasteiger partial charge in [-0.2, -0.15) is 0 Å². The number of nitrogens with one attached hydrogen (secondary N) is 1. The number of benzene rings is 2. The number of aryl methyl sites for hydroxylation is 1. The van der Waals surface area contributed by atoms with Crippen molar-refractivity contribution in [2.24, 2.45) is 0 Å². The zero-order valence-corrected chi connectivity index (χ0v) is 15.4. The van der Waals surface area contributed by atoms with Crippen molar-refractivity contribution in [3.63, 3.8) is 0 Å². The summed E-state index contributed by atoms with van der Waals surface area (Å²) in [6, 6.07) is 20.8. The smallest absolute Gasteiger partial charge is 0.157 e. The minimum Gasteiger partial charge on any atom is -0.299 e. The molecule has 1 N–H and O–H groups in total. The van der Waals surface area contributed by atoms with Crippen LogP contribution in [0.15, 0.2) is 66.9 Å². The highest BCUT2D eigenvalue weighted by molar-refractivity contribution is 6.17. The van der Waals surface area contributed by atoms with Crippen molar-refractivity contribution in [1.29, 1.82) is 0 Å². The van der Waals surface area contributed by atoms with Crippen LogP contribution >= 0.6 is 11.6 Å². The molecule has 0 unspecified atom stereocenters. The number of imidazole rings is 1. The van der Waals surface area contributed by atoms with Gasteiger partial charge in [0.15, 0.2) is 5.65 Å². The fraction of sp³-hybridized carbons (Fsp3) is 0.227. The molecule has 0 bridgehead atoms. The number of unbranched alkanes of at least 4 members (excludes halogenated alkanes) is 2. The Morgan fingerprint density at radius 2 is 1.54 bits per heavy atom. The van der Waals surface area contributed by atoms with Gasteiger partial charge >= 0.3 is 0 Å². The maximum atomic E-state index is 5.79. The zero-order chi connectivity index (χ0) is 17.8. The Bertz CT molecular complexity index is 971. The average Bonchev–Trinajstić information content (AvgIpc) is 3.26. The van der Waals surface area contributed by atoms with E-state index in [0.717, 1.165) is 59.7 Å². The van der Waals surface area contributed by atoms with Crippen molar-refractivity contribution in [1.82, 2.24) is 14.6 Å². The van der Waals surface area contributed by atoms with E-state index in [4.69, 9.17) is 16.6 Å². The Labute approximate surface area is 158 Å². The van der Waals surface area contributed by atoms with Crippen LogP contribution in [-0.2, 0) is 6.42 Å². The summed E-state index contributed by atoms with van der Waals surface area (Å²) in [5.74, 6) is 0.738. The number of halogens is 1. The molecular formula is C22H22ClN3. The van der Waals surface area contributed by atoms with Crippen LogP contribution in [-0.4, -0.2) is 20.5 Å². The number of aromatic nitrogens is 3. The van der Waals surface area contributed by atoms with Crippen molar-refractivity contribution >= 4 is 17.2 Å². The quantitative estimate of drug-likeness (QED) is 0.319. The van der Waals surface area contributed by atoms with Crippen LogP contribution in [0.2, 0.25) is 0 Å². The molecule has 0 saturated heterocycles. The summed E-state index contributed by atoms with van der Waals surface area (Å²) in [6.07, 6.45) is 6.46. The lowest BCUT2D eigenvalue weighted by atomic mass is 10.1. The lowest BCUT2D eigenvalue weighted by Crippen LogP contribution is -1.90. The molecule has 0 radical (unpaired) electrons. The van der Waals surface area contributed by atoms with Gasteiger partial charge in [0.1, 0.15) is 0 Å². The van der Waals surface area contributed by atoms with Gasteiger partial charge in [-0.25, -0.2) is 9.50 Å². The molecule has 0 amide bonds. The molecular weight excluding hydrogens is 342 g/mol. The predicted molar refractivity (Wildman–Crippen MR) is 109 cm³/mol. The number of hydrogen-bond donors (Lipinski definition) is 1. The van der Waals surface area contributed by atoms with E-state index in [9.17, 15) is 0 Å². The van der Waals surface area contributed by atoms with E-state index < -0.39 is 0 Å². The van der Waals surface area contributed by atoms with Gasteiger partial charge < -0.3 is 0 Å². The molecule has 4 aromatic rings. The normalized spacial score (nSPS) is 11.3. The van der Waals surface area contributed by atoms with Gasteiger partial charge in [0.05, 0.1) is 11.4 Å². The van der Waals surface area contributed by atoms with Gasteiger partial charge in [0.25, 0.3) is 0 Å². The van der Waals surface area contributed by atoms with Gasteiger partial charge in [-0.1, -0.05) is 67.1 Å². The summed E-state index contributed by atoms with van der Waals surface area (Å²) in [5, 5.41) is 3.41. The second-order valence-corrected chi connectivity index (χ2v) is 6.88. The molecule has 0 aliphatic carbocycles. The Morgan fingerprint density at radius 3 is 2.23 bits per heavy atom. The molecule has 0 saturated carbocycles. The lowest BCUT2D eigenvalue weighted by molar-refractivity contribution is 0.722. The Balaban J connectivity index is 1.80. The third kappa shape index (κ3) is 3.27. The third-order valence-corrected chi connectivity index (χ3v) is 4.97. The number of fused-ring (bicyclic) bond motifs is 1. The van der Waals surface area contributed by atoms with Gasteiger partial charge in [0.2, 0.25) is 0 Å². The number of nitrogens with zero attached hydrogens (tertiary/aromatic N) is 2. The van der Waals surface area contributed by atoms with Gasteiger partial charge in [-0.15, -0.1) is 11.6 Å². The Hall–Kier alpha value is -2.52. The monoisotopic (exact) mass is 363 g/mol. The van der Waals surface area contributed by atoms with E-state index in [1.54, 1.807) is 0 Å². The van der Waals surface area contributed by atoms with Crippen LogP contribution in [0.3, 0.4) is 0 Å². The van der Waals surface area contributed by atoms with E-state index in [1.165, 1.54) is 5.56 Å². The summed E-state index contributed by atoms with van der Waals surface area (Å²) in [5.41, 5.74) is 6.71. The van der Waals surface area contributed by atoms with Crippen molar-refractivity contribution in [3.8, 4) is 22.5 Å². The van der Waals surface area contributed by atoms with E-state index in [2.05, 4.69) is 64.3 Å². The highest BCUT2D eigenvalue weighted by Gasteiger charge is 2.18. The maximum Gasteiger partial charge on any atom is 0.157 e. The summed E-state index contributed by atoms with van der Waals surface area (Å²) >= 11 is 5.79. The van der Waals surface area contributed by atoms with Gasteiger partial charge in [-0.05, 0) is 19.3 Å². The van der Waals surface area contributed by atoms with Crippen molar-refractivity contribution in [2.75, 3.05) is 5.88 Å². The van der Waals surface area contributed by atoms with E-state index in [-0.39, 0.29) is 0 Å². The first-order valence-electron chi connectivity index (χ1n) is 9.14. The van der Waals surface area contributed by atoms with Crippen LogP contribution in [0.1, 0.15) is 24.8 Å². The van der Waals surface area contributed by atoms with Gasteiger partial charge in [0, 0.05) is 28.8 Å². The Kier molecular flexibility index (Phi) is 5.07. The molecule has 0 aliphatic heterocycles. The molecule has 0 atom stereocenters. The Morgan fingerprint density at radius 1 is 0.846 bits per heavy atom. The third-order valence-electron chi connectivity index (χ3n) is 4.71. The molecule has 2 aromatic heterocycles.